The summed E-state index contributed by atoms with van der Waals surface area (Å²) in [7, 11) is 0. The first-order valence-corrected chi connectivity index (χ1v) is 6.05. The van der Waals surface area contributed by atoms with Crippen molar-refractivity contribution in [2.45, 2.75) is 63.8 Å². The van der Waals surface area contributed by atoms with E-state index in [1.54, 1.807) is 0 Å². The van der Waals surface area contributed by atoms with Gasteiger partial charge in [-0.1, -0.05) is 26.2 Å². The van der Waals surface area contributed by atoms with Gasteiger partial charge in [-0.15, -0.1) is 0 Å². The largest absolute Gasteiger partial charge is 0.370 e. The zero-order valence-electron chi connectivity index (χ0n) is 9.41. The Bertz CT molecular complexity index is 242. The van der Waals surface area contributed by atoms with Crippen molar-refractivity contribution in [3.05, 3.63) is 0 Å². The standard InChI is InChI=1S/C11H21N3O/c1-2-3-4-5-9-8-6-7-10(15-9)14-11(12)13-8/h8-10H,2-7H2,1H3,(H3,12,13,14)/t8-,9+,10-/m1/s1. The molecule has 0 radical (unpaired) electrons. The Hall–Kier alpha value is -0.770. The number of hydrogen-bond donors (Lipinski definition) is 2. The molecular formula is C11H21N3O. The highest BCUT2D eigenvalue weighted by Crippen LogP contribution is 2.26. The van der Waals surface area contributed by atoms with Gasteiger partial charge < -0.3 is 15.8 Å². The summed E-state index contributed by atoms with van der Waals surface area (Å²) in [5, 5.41) is 3.25. The van der Waals surface area contributed by atoms with Gasteiger partial charge in [-0.3, -0.25) is 0 Å². The summed E-state index contributed by atoms with van der Waals surface area (Å²) in [5.74, 6) is 0.556. The molecule has 3 heterocycles. The van der Waals surface area contributed by atoms with Crippen LogP contribution in [0.1, 0.15) is 45.4 Å². The van der Waals surface area contributed by atoms with Crippen LogP contribution in [0.2, 0.25) is 0 Å². The summed E-state index contributed by atoms with van der Waals surface area (Å²) in [5.41, 5.74) is 5.73. The normalized spacial score (nSPS) is 34.5. The Morgan fingerprint density at radius 3 is 3.13 bits per heavy atom. The Morgan fingerprint density at radius 1 is 1.47 bits per heavy atom. The highest BCUT2D eigenvalue weighted by atomic mass is 16.5. The molecule has 3 aliphatic rings. The third-order valence-electron chi connectivity index (χ3n) is 3.21. The molecule has 1 saturated heterocycles. The zero-order chi connectivity index (χ0) is 10.7. The quantitative estimate of drug-likeness (QED) is 0.690. The number of guanidine groups is 1. The third kappa shape index (κ3) is 2.62. The maximum absolute atomic E-state index is 5.90. The fourth-order valence-electron chi connectivity index (χ4n) is 2.38. The molecule has 15 heavy (non-hydrogen) atoms. The Morgan fingerprint density at radius 2 is 2.33 bits per heavy atom. The number of unbranched alkanes of at least 4 members (excludes halogenated alkanes) is 2. The van der Waals surface area contributed by atoms with Crippen molar-refractivity contribution < 1.29 is 4.74 Å². The summed E-state index contributed by atoms with van der Waals surface area (Å²) in [6.07, 6.45) is 7.36. The molecule has 0 aliphatic carbocycles. The van der Waals surface area contributed by atoms with Crippen molar-refractivity contribution in [3.63, 3.8) is 0 Å². The molecule has 3 aliphatic heterocycles. The van der Waals surface area contributed by atoms with Crippen LogP contribution in [0.4, 0.5) is 0 Å². The van der Waals surface area contributed by atoms with Crippen molar-refractivity contribution in [3.8, 4) is 0 Å². The fraction of sp³-hybridized carbons (Fsp3) is 0.909. The summed E-state index contributed by atoms with van der Waals surface area (Å²) in [6, 6.07) is 0.379. The van der Waals surface area contributed by atoms with Gasteiger partial charge in [-0.2, -0.15) is 0 Å². The first-order chi connectivity index (χ1) is 7.29. The van der Waals surface area contributed by atoms with E-state index in [0.717, 1.165) is 19.3 Å². The predicted molar refractivity (Wildman–Crippen MR) is 60.6 cm³/mol. The van der Waals surface area contributed by atoms with E-state index in [4.69, 9.17) is 10.5 Å². The second kappa shape index (κ2) is 4.84. The lowest BCUT2D eigenvalue weighted by Crippen LogP contribution is -2.47. The molecule has 0 aromatic rings. The van der Waals surface area contributed by atoms with Crippen molar-refractivity contribution in [1.82, 2.24) is 5.32 Å². The van der Waals surface area contributed by atoms with Gasteiger partial charge >= 0.3 is 0 Å². The van der Waals surface area contributed by atoms with Gasteiger partial charge in [-0.25, -0.2) is 4.99 Å². The van der Waals surface area contributed by atoms with Crippen LogP contribution in [-0.4, -0.2) is 24.3 Å². The SMILES string of the molecule is CCCCC[C@@H]1O[C@@H]2CC[C@H]1NC(N)=N2. The van der Waals surface area contributed by atoms with Crippen molar-refractivity contribution in [1.29, 1.82) is 0 Å². The molecule has 0 aromatic carbocycles. The number of nitrogens with two attached hydrogens (primary N) is 1. The highest BCUT2D eigenvalue weighted by molar-refractivity contribution is 5.78. The summed E-state index contributed by atoms with van der Waals surface area (Å²) < 4.78 is 5.90. The van der Waals surface area contributed by atoms with Crippen molar-refractivity contribution in [2.75, 3.05) is 0 Å². The molecule has 0 spiro atoms. The number of rotatable bonds is 4. The van der Waals surface area contributed by atoms with Crippen LogP contribution in [0.15, 0.2) is 4.99 Å². The first-order valence-electron chi connectivity index (χ1n) is 6.05. The second-order valence-corrected chi connectivity index (χ2v) is 4.47. The van der Waals surface area contributed by atoms with Gasteiger partial charge in [-0.05, 0) is 19.3 Å². The van der Waals surface area contributed by atoms with Gasteiger partial charge in [0.2, 0.25) is 0 Å². The number of aliphatic imine (C=N–C) groups is 1. The van der Waals surface area contributed by atoms with Crippen molar-refractivity contribution in [2.24, 2.45) is 10.7 Å². The smallest absolute Gasteiger partial charge is 0.191 e. The summed E-state index contributed by atoms with van der Waals surface area (Å²) >= 11 is 0. The molecule has 0 unspecified atom stereocenters. The van der Waals surface area contributed by atoms with Crippen LogP contribution in [0.5, 0.6) is 0 Å². The van der Waals surface area contributed by atoms with Gasteiger partial charge in [0.15, 0.2) is 12.2 Å². The molecule has 1 fully saturated rings. The Labute approximate surface area is 91.3 Å². The lowest BCUT2D eigenvalue weighted by Gasteiger charge is -2.32. The average molecular weight is 211 g/mol. The van der Waals surface area contributed by atoms with Crippen LogP contribution in [-0.2, 0) is 4.74 Å². The van der Waals surface area contributed by atoms with E-state index in [0.29, 0.717) is 18.1 Å². The minimum atomic E-state index is 0.00266. The maximum Gasteiger partial charge on any atom is 0.191 e. The van der Waals surface area contributed by atoms with E-state index >= 15 is 0 Å². The monoisotopic (exact) mass is 211 g/mol. The number of fused-ring (bicyclic) bond motifs is 3. The molecule has 3 rings (SSSR count). The summed E-state index contributed by atoms with van der Waals surface area (Å²) in [6.45, 7) is 2.22. The minimum Gasteiger partial charge on any atom is -0.370 e. The predicted octanol–water partition coefficient (Wildman–Crippen LogP) is 1.36. The Balaban J connectivity index is 1.88. The lowest BCUT2D eigenvalue weighted by molar-refractivity contribution is -0.0584. The Kier molecular flexibility index (Phi) is 3.46. The molecule has 4 nitrogen and oxygen atoms in total. The molecule has 3 atom stereocenters. The van der Waals surface area contributed by atoms with Crippen LogP contribution in [0.3, 0.4) is 0 Å². The zero-order valence-corrected chi connectivity index (χ0v) is 9.41. The van der Waals surface area contributed by atoms with E-state index in [-0.39, 0.29) is 6.23 Å². The number of hydrogen-bond acceptors (Lipinski definition) is 4. The van der Waals surface area contributed by atoms with E-state index < -0.39 is 0 Å². The fourth-order valence-corrected chi connectivity index (χ4v) is 2.38. The number of ether oxygens (including phenoxy) is 1. The van der Waals surface area contributed by atoms with E-state index in [1.807, 2.05) is 0 Å². The molecule has 2 bridgehead atoms. The summed E-state index contributed by atoms with van der Waals surface area (Å²) in [4.78, 5) is 4.28. The molecule has 0 saturated carbocycles. The maximum atomic E-state index is 5.90. The van der Waals surface area contributed by atoms with Crippen LogP contribution >= 0.6 is 0 Å². The van der Waals surface area contributed by atoms with Gasteiger partial charge in [0.05, 0.1) is 12.1 Å². The van der Waals surface area contributed by atoms with Crippen LogP contribution in [0.25, 0.3) is 0 Å². The van der Waals surface area contributed by atoms with Crippen LogP contribution in [0, 0.1) is 0 Å². The van der Waals surface area contributed by atoms with E-state index in [9.17, 15) is 0 Å². The first kappa shape index (κ1) is 10.7. The van der Waals surface area contributed by atoms with Gasteiger partial charge in [0, 0.05) is 0 Å². The average Bonchev–Trinajstić information content (AvgIpc) is 2.47. The molecule has 0 amide bonds. The van der Waals surface area contributed by atoms with Gasteiger partial charge in [0.1, 0.15) is 0 Å². The van der Waals surface area contributed by atoms with Crippen molar-refractivity contribution >= 4 is 5.96 Å². The molecule has 4 heteroatoms. The second-order valence-electron chi connectivity index (χ2n) is 4.47. The molecule has 86 valence electrons. The molecule has 3 N–H and O–H groups in total. The third-order valence-corrected chi connectivity index (χ3v) is 3.21. The molecule has 0 aromatic heterocycles. The topological polar surface area (TPSA) is 59.6 Å². The van der Waals surface area contributed by atoms with E-state index in [1.165, 1.54) is 19.3 Å². The number of nitrogens with one attached hydrogen (secondary N) is 1. The molecular weight excluding hydrogens is 190 g/mol. The highest BCUT2D eigenvalue weighted by Gasteiger charge is 2.33. The number of nitrogens with zero attached hydrogens (tertiary/aromatic N) is 1. The van der Waals surface area contributed by atoms with E-state index in [2.05, 4.69) is 17.2 Å². The minimum absolute atomic E-state index is 0.00266. The van der Waals surface area contributed by atoms with Gasteiger partial charge in [0.25, 0.3) is 0 Å². The lowest BCUT2D eigenvalue weighted by atomic mass is 9.97. The van der Waals surface area contributed by atoms with Crippen LogP contribution < -0.4 is 11.1 Å².